The second-order valence-corrected chi connectivity index (χ2v) is 10.7. The van der Waals surface area contributed by atoms with Crippen LogP contribution in [0.3, 0.4) is 0 Å². The van der Waals surface area contributed by atoms with Crippen LogP contribution in [0, 0.1) is 5.82 Å². The normalized spacial score (nSPS) is 18.1. The summed E-state index contributed by atoms with van der Waals surface area (Å²) in [4.78, 5) is 27.5. The van der Waals surface area contributed by atoms with Gasteiger partial charge in [-0.2, -0.15) is 4.98 Å². The van der Waals surface area contributed by atoms with Crippen molar-refractivity contribution in [3.8, 4) is 5.88 Å². The number of nitrogens with zero attached hydrogens (tertiary/aromatic N) is 5. The lowest BCUT2D eigenvalue weighted by atomic mass is 10.1. The Balaban J connectivity index is 1.09. The molecule has 1 unspecified atom stereocenters. The van der Waals surface area contributed by atoms with Gasteiger partial charge in [-0.15, -0.1) is 0 Å². The molecule has 2 fully saturated rings. The fourth-order valence-corrected chi connectivity index (χ4v) is 5.34. The van der Waals surface area contributed by atoms with E-state index in [0.717, 1.165) is 55.8 Å². The highest BCUT2D eigenvalue weighted by Gasteiger charge is 2.26. The van der Waals surface area contributed by atoms with Gasteiger partial charge in [-0.05, 0) is 55.2 Å². The van der Waals surface area contributed by atoms with Gasteiger partial charge in [-0.1, -0.05) is 17.7 Å². The van der Waals surface area contributed by atoms with E-state index in [2.05, 4.69) is 19.4 Å². The van der Waals surface area contributed by atoms with Crippen LogP contribution in [0.15, 0.2) is 48.7 Å². The number of ether oxygens (including phenoxy) is 2. The summed E-state index contributed by atoms with van der Waals surface area (Å²) in [6.07, 6.45) is 4.64. The Labute approximate surface area is 235 Å². The van der Waals surface area contributed by atoms with Gasteiger partial charge < -0.3 is 19.1 Å². The zero-order valence-electron chi connectivity index (χ0n) is 21.8. The van der Waals surface area contributed by atoms with Crippen molar-refractivity contribution >= 4 is 28.6 Å². The van der Waals surface area contributed by atoms with Gasteiger partial charge in [0.05, 0.1) is 35.8 Å². The number of hydrogen-bond acceptors (Lipinski definition) is 7. The van der Waals surface area contributed by atoms with Gasteiger partial charge in [0.15, 0.2) is 0 Å². The molecule has 2 aliphatic rings. The molecule has 0 aliphatic carbocycles. The minimum atomic E-state index is -0.953. The molecule has 2 aromatic carbocycles. The van der Waals surface area contributed by atoms with Gasteiger partial charge in [0.25, 0.3) is 0 Å². The van der Waals surface area contributed by atoms with E-state index >= 15 is 0 Å². The molecule has 2 aromatic heterocycles. The van der Waals surface area contributed by atoms with Gasteiger partial charge in [-0.3, -0.25) is 4.90 Å². The molecule has 9 nitrogen and oxygen atoms in total. The predicted octanol–water partition coefficient (Wildman–Crippen LogP) is 4.74. The van der Waals surface area contributed by atoms with Gasteiger partial charge >= 0.3 is 5.97 Å². The molecule has 0 amide bonds. The maximum Gasteiger partial charge on any atom is 0.335 e. The third-order valence-electron chi connectivity index (χ3n) is 7.48. The SMILES string of the molecule is O=C(O)c1ccc2nc(CN3CCC(Oc4ccnc(Cc5ccc(Cl)cc5F)n4)CC3)n(CC3CCO3)c2c1. The molecule has 2 saturated heterocycles. The largest absolute Gasteiger partial charge is 0.478 e. The van der Waals surface area contributed by atoms with Crippen LogP contribution in [-0.2, 0) is 24.2 Å². The van der Waals surface area contributed by atoms with Crippen LogP contribution in [0.2, 0.25) is 5.02 Å². The van der Waals surface area contributed by atoms with Crippen LogP contribution in [0.4, 0.5) is 4.39 Å². The van der Waals surface area contributed by atoms with Gasteiger partial charge in [0, 0.05) is 43.4 Å². The highest BCUT2D eigenvalue weighted by molar-refractivity contribution is 6.30. The van der Waals surface area contributed by atoms with E-state index < -0.39 is 5.97 Å². The molecular weight excluding hydrogens is 537 g/mol. The van der Waals surface area contributed by atoms with Crippen molar-refractivity contribution in [1.29, 1.82) is 0 Å². The summed E-state index contributed by atoms with van der Waals surface area (Å²) in [5.74, 6) is 0.533. The zero-order valence-corrected chi connectivity index (χ0v) is 22.6. The van der Waals surface area contributed by atoms with Crippen molar-refractivity contribution in [3.05, 3.63) is 82.3 Å². The molecule has 11 heteroatoms. The molecule has 4 heterocycles. The maximum absolute atomic E-state index is 14.2. The second kappa shape index (κ2) is 11.5. The Kier molecular flexibility index (Phi) is 7.64. The second-order valence-electron chi connectivity index (χ2n) is 10.2. The molecule has 2 aliphatic heterocycles. The molecular formula is C29H29ClFN5O4. The third kappa shape index (κ3) is 5.94. The van der Waals surface area contributed by atoms with Crippen molar-refractivity contribution < 1.29 is 23.8 Å². The van der Waals surface area contributed by atoms with Crippen molar-refractivity contribution in [2.45, 2.75) is 51.0 Å². The van der Waals surface area contributed by atoms with Crippen molar-refractivity contribution in [2.75, 3.05) is 19.7 Å². The quantitative estimate of drug-likeness (QED) is 0.310. The molecule has 1 N–H and O–H groups in total. The summed E-state index contributed by atoms with van der Waals surface area (Å²) < 4.78 is 28.2. The number of carbonyl (C=O) groups is 1. The molecule has 1 atom stereocenters. The number of fused-ring (bicyclic) bond motifs is 1. The van der Waals surface area contributed by atoms with E-state index in [1.807, 2.05) is 0 Å². The predicted molar refractivity (Wildman–Crippen MR) is 146 cm³/mol. The van der Waals surface area contributed by atoms with Gasteiger partial charge in [0.1, 0.15) is 23.6 Å². The number of carboxylic acid groups (broad SMARTS) is 1. The van der Waals surface area contributed by atoms with E-state index in [-0.39, 0.29) is 30.0 Å². The number of hydrogen-bond donors (Lipinski definition) is 1. The number of carboxylic acids is 1. The summed E-state index contributed by atoms with van der Waals surface area (Å²) in [7, 11) is 0. The van der Waals surface area contributed by atoms with E-state index in [1.54, 1.807) is 42.6 Å². The smallest absolute Gasteiger partial charge is 0.335 e. The lowest BCUT2D eigenvalue weighted by Gasteiger charge is -2.32. The highest BCUT2D eigenvalue weighted by Crippen LogP contribution is 2.25. The Morgan fingerprint density at radius 3 is 2.67 bits per heavy atom. The van der Waals surface area contributed by atoms with Gasteiger partial charge in [0.2, 0.25) is 5.88 Å². The average Bonchev–Trinajstić information content (AvgIpc) is 3.25. The van der Waals surface area contributed by atoms with E-state index in [1.165, 1.54) is 6.07 Å². The van der Waals surface area contributed by atoms with Crippen molar-refractivity contribution in [1.82, 2.24) is 24.4 Å². The first-order valence-corrected chi connectivity index (χ1v) is 13.8. The minimum Gasteiger partial charge on any atom is -0.478 e. The van der Waals surface area contributed by atoms with Crippen LogP contribution >= 0.6 is 11.6 Å². The molecule has 0 radical (unpaired) electrons. The highest BCUT2D eigenvalue weighted by atomic mass is 35.5. The number of likely N-dealkylation sites (tertiary alicyclic amines) is 1. The number of rotatable bonds is 9. The summed E-state index contributed by atoms with van der Waals surface area (Å²) >= 11 is 5.86. The first-order chi connectivity index (χ1) is 19.4. The summed E-state index contributed by atoms with van der Waals surface area (Å²) in [6.45, 7) is 3.71. The van der Waals surface area contributed by atoms with E-state index in [4.69, 9.17) is 26.1 Å². The van der Waals surface area contributed by atoms with Crippen LogP contribution < -0.4 is 4.74 Å². The van der Waals surface area contributed by atoms with E-state index in [9.17, 15) is 14.3 Å². The topological polar surface area (TPSA) is 103 Å². The molecule has 0 saturated carbocycles. The molecule has 0 spiro atoms. The van der Waals surface area contributed by atoms with Crippen LogP contribution in [-0.4, -0.2) is 67.4 Å². The molecule has 4 aromatic rings. The summed E-state index contributed by atoms with van der Waals surface area (Å²) in [5, 5.41) is 9.82. The zero-order chi connectivity index (χ0) is 27.6. The number of benzene rings is 2. The van der Waals surface area contributed by atoms with Gasteiger partial charge in [-0.25, -0.2) is 19.2 Å². The number of halogens is 2. The van der Waals surface area contributed by atoms with Crippen LogP contribution in [0.1, 0.15) is 46.8 Å². The number of piperidine rings is 1. The first-order valence-electron chi connectivity index (χ1n) is 13.4. The Morgan fingerprint density at radius 2 is 1.95 bits per heavy atom. The van der Waals surface area contributed by atoms with Crippen LogP contribution in [0.25, 0.3) is 11.0 Å². The number of aromatic nitrogens is 4. The Morgan fingerprint density at radius 1 is 1.12 bits per heavy atom. The lowest BCUT2D eigenvalue weighted by Crippen LogP contribution is -2.39. The molecule has 0 bridgehead atoms. The Bertz CT molecular complexity index is 1530. The summed E-state index contributed by atoms with van der Waals surface area (Å²) in [5.41, 5.74) is 2.33. The minimum absolute atomic E-state index is 0.00610. The molecule has 208 valence electrons. The molecule has 6 rings (SSSR count). The Hall–Kier alpha value is -3.60. The third-order valence-corrected chi connectivity index (χ3v) is 7.72. The maximum atomic E-state index is 14.2. The first kappa shape index (κ1) is 26.6. The summed E-state index contributed by atoms with van der Waals surface area (Å²) in [6, 6.07) is 11.4. The lowest BCUT2D eigenvalue weighted by molar-refractivity contribution is -0.0592. The molecule has 40 heavy (non-hydrogen) atoms. The average molecular weight is 566 g/mol. The monoisotopic (exact) mass is 565 g/mol. The number of aromatic carboxylic acids is 1. The standard InChI is InChI=1S/C29H29ClFN5O4/c30-20-3-1-18(23(31)15-20)14-26-32-9-5-28(34-26)40-21-6-10-35(11-7-21)17-27-33-24-4-2-19(29(37)38)13-25(24)36(27)16-22-8-12-39-22/h1-5,9,13,15,21-22H,6-8,10-12,14,16-17H2,(H,37,38). The van der Waals surface area contributed by atoms with Crippen molar-refractivity contribution in [2.24, 2.45) is 0 Å². The van der Waals surface area contributed by atoms with Crippen LogP contribution in [0.5, 0.6) is 5.88 Å². The fraction of sp³-hybridized carbons (Fsp3) is 0.379. The van der Waals surface area contributed by atoms with E-state index in [0.29, 0.717) is 35.4 Å². The van der Waals surface area contributed by atoms with Crippen molar-refractivity contribution in [3.63, 3.8) is 0 Å². The fourth-order valence-electron chi connectivity index (χ4n) is 5.18. The number of imidazole rings is 1.